The average molecular weight is 168 g/mol. The van der Waals surface area contributed by atoms with Crippen LogP contribution in [0, 0.1) is 5.92 Å². The maximum absolute atomic E-state index is 9.90. The van der Waals surface area contributed by atoms with E-state index < -0.39 is 5.60 Å². The molecule has 3 heteroatoms. The Hall–Kier alpha value is -0.830. The third-order valence-electron chi connectivity index (χ3n) is 2.29. The van der Waals surface area contributed by atoms with Gasteiger partial charge in [-0.25, -0.2) is 0 Å². The third kappa shape index (κ3) is 2.08. The molecule has 1 atom stereocenters. The minimum atomic E-state index is -0.675. The molecule has 0 spiro atoms. The molecule has 1 N–H and O–H groups in total. The largest absolute Gasteiger partial charge is 0.388 e. The first-order valence-electron chi connectivity index (χ1n) is 4.22. The summed E-state index contributed by atoms with van der Waals surface area (Å²) in [5.74, 6) is 0.238. The van der Waals surface area contributed by atoms with Gasteiger partial charge in [-0.05, 0) is 18.9 Å². The summed E-state index contributed by atoms with van der Waals surface area (Å²) in [6.45, 7) is 6.39. The van der Waals surface area contributed by atoms with Crippen LogP contribution < -0.4 is 0 Å². The molecule has 1 unspecified atom stereocenters. The molecule has 12 heavy (non-hydrogen) atoms. The molecule has 0 aliphatic heterocycles. The van der Waals surface area contributed by atoms with Crippen molar-refractivity contribution in [2.45, 2.75) is 32.9 Å². The van der Waals surface area contributed by atoms with E-state index in [2.05, 4.69) is 5.10 Å². The van der Waals surface area contributed by atoms with Gasteiger partial charge in [0.1, 0.15) is 0 Å². The second-order valence-corrected chi connectivity index (χ2v) is 3.72. The van der Waals surface area contributed by atoms with E-state index in [1.807, 2.05) is 33.0 Å². The molecule has 0 aromatic carbocycles. The molecule has 0 amide bonds. The fraction of sp³-hybridized carbons (Fsp3) is 0.667. The van der Waals surface area contributed by atoms with Gasteiger partial charge in [-0.3, -0.25) is 4.68 Å². The van der Waals surface area contributed by atoms with Crippen molar-refractivity contribution >= 4 is 0 Å². The van der Waals surface area contributed by atoms with Crippen molar-refractivity contribution in [1.82, 2.24) is 9.78 Å². The summed E-state index contributed by atoms with van der Waals surface area (Å²) in [6.07, 6.45) is 3.58. The summed E-state index contributed by atoms with van der Waals surface area (Å²) in [4.78, 5) is 0. The van der Waals surface area contributed by atoms with Gasteiger partial charge in [0.05, 0.1) is 12.1 Å². The Labute approximate surface area is 73.0 Å². The number of hydrogen-bond acceptors (Lipinski definition) is 2. The minimum absolute atomic E-state index is 0.238. The molecule has 1 heterocycles. The quantitative estimate of drug-likeness (QED) is 0.738. The highest BCUT2D eigenvalue weighted by Gasteiger charge is 2.25. The van der Waals surface area contributed by atoms with E-state index in [0.717, 1.165) is 0 Å². The van der Waals surface area contributed by atoms with Crippen LogP contribution in [0.25, 0.3) is 0 Å². The first kappa shape index (κ1) is 9.26. The fourth-order valence-corrected chi connectivity index (χ4v) is 0.905. The molecule has 0 saturated carbocycles. The maximum atomic E-state index is 9.90. The zero-order valence-electron chi connectivity index (χ0n) is 7.86. The first-order valence-corrected chi connectivity index (χ1v) is 4.22. The van der Waals surface area contributed by atoms with Crippen molar-refractivity contribution in [3.63, 3.8) is 0 Å². The molecule has 1 rings (SSSR count). The number of aliphatic hydroxyl groups is 1. The molecule has 1 aromatic rings. The normalized spacial score (nSPS) is 16.4. The van der Waals surface area contributed by atoms with Gasteiger partial charge in [0.2, 0.25) is 0 Å². The maximum Gasteiger partial charge on any atom is 0.0837 e. The van der Waals surface area contributed by atoms with Gasteiger partial charge in [0, 0.05) is 12.4 Å². The van der Waals surface area contributed by atoms with Gasteiger partial charge < -0.3 is 5.11 Å². The molecule has 1 aromatic heterocycles. The van der Waals surface area contributed by atoms with Gasteiger partial charge in [0.25, 0.3) is 0 Å². The van der Waals surface area contributed by atoms with Crippen molar-refractivity contribution in [2.24, 2.45) is 5.92 Å². The predicted octanol–water partition coefficient (Wildman–Crippen LogP) is 1.29. The molecule has 0 radical (unpaired) electrons. The van der Waals surface area contributed by atoms with Gasteiger partial charge in [0.15, 0.2) is 0 Å². The highest BCUT2D eigenvalue weighted by molar-refractivity contribution is 4.82. The molecule has 0 bridgehead atoms. The minimum Gasteiger partial charge on any atom is -0.388 e. The molecule has 0 fully saturated rings. The van der Waals surface area contributed by atoms with Crippen LogP contribution in [0.5, 0.6) is 0 Å². The Balaban J connectivity index is 2.62. The summed E-state index contributed by atoms with van der Waals surface area (Å²) in [5.41, 5.74) is -0.675. The molecule has 0 aliphatic rings. The summed E-state index contributed by atoms with van der Waals surface area (Å²) >= 11 is 0. The standard InChI is InChI=1S/C9H16N2O/c1-8(2)9(3,12)7-11-6-4-5-10-11/h4-6,8,12H,7H2,1-3H3. The SMILES string of the molecule is CC(C)C(C)(O)Cn1cccn1. The highest BCUT2D eigenvalue weighted by Crippen LogP contribution is 2.17. The van der Waals surface area contributed by atoms with Gasteiger partial charge in [-0.1, -0.05) is 13.8 Å². The average Bonchev–Trinajstić information content (AvgIpc) is 2.38. The Morgan fingerprint density at radius 2 is 2.25 bits per heavy atom. The van der Waals surface area contributed by atoms with Crippen molar-refractivity contribution in [3.8, 4) is 0 Å². The number of hydrogen-bond donors (Lipinski definition) is 1. The van der Waals surface area contributed by atoms with Crippen LogP contribution in [-0.2, 0) is 6.54 Å². The second-order valence-electron chi connectivity index (χ2n) is 3.72. The lowest BCUT2D eigenvalue weighted by atomic mass is 9.93. The van der Waals surface area contributed by atoms with Crippen LogP contribution in [-0.4, -0.2) is 20.5 Å². The lowest BCUT2D eigenvalue weighted by molar-refractivity contribution is -0.00567. The van der Waals surface area contributed by atoms with Gasteiger partial charge in [-0.2, -0.15) is 5.10 Å². The zero-order chi connectivity index (χ0) is 9.19. The van der Waals surface area contributed by atoms with Gasteiger partial charge >= 0.3 is 0 Å². The molecule has 68 valence electrons. The Bertz CT molecular complexity index is 227. The van der Waals surface area contributed by atoms with E-state index in [0.29, 0.717) is 6.54 Å². The summed E-state index contributed by atoms with van der Waals surface area (Å²) in [6, 6.07) is 1.86. The first-order chi connectivity index (χ1) is 5.52. The zero-order valence-corrected chi connectivity index (χ0v) is 7.86. The summed E-state index contributed by atoms with van der Waals surface area (Å²) in [7, 11) is 0. The third-order valence-corrected chi connectivity index (χ3v) is 2.29. The topological polar surface area (TPSA) is 38.0 Å². The monoisotopic (exact) mass is 168 g/mol. The Morgan fingerprint density at radius 3 is 2.67 bits per heavy atom. The van der Waals surface area contributed by atoms with Crippen molar-refractivity contribution < 1.29 is 5.11 Å². The van der Waals surface area contributed by atoms with E-state index in [-0.39, 0.29) is 5.92 Å². The van der Waals surface area contributed by atoms with Crippen LogP contribution in [0.3, 0.4) is 0 Å². The van der Waals surface area contributed by atoms with E-state index >= 15 is 0 Å². The molecule has 0 saturated heterocycles. The van der Waals surface area contributed by atoms with Crippen LogP contribution in [0.4, 0.5) is 0 Å². The van der Waals surface area contributed by atoms with E-state index in [9.17, 15) is 5.11 Å². The number of aromatic nitrogens is 2. The van der Waals surface area contributed by atoms with Crippen LogP contribution in [0.15, 0.2) is 18.5 Å². The molecule has 3 nitrogen and oxygen atoms in total. The molecular formula is C9H16N2O. The number of nitrogens with zero attached hydrogens (tertiary/aromatic N) is 2. The second kappa shape index (κ2) is 3.27. The summed E-state index contributed by atoms with van der Waals surface area (Å²) < 4.78 is 1.75. The van der Waals surface area contributed by atoms with Gasteiger partial charge in [-0.15, -0.1) is 0 Å². The van der Waals surface area contributed by atoms with E-state index in [4.69, 9.17) is 0 Å². The smallest absolute Gasteiger partial charge is 0.0837 e. The number of rotatable bonds is 3. The molecular weight excluding hydrogens is 152 g/mol. The Morgan fingerprint density at radius 1 is 1.58 bits per heavy atom. The highest BCUT2D eigenvalue weighted by atomic mass is 16.3. The Kier molecular flexibility index (Phi) is 2.52. The van der Waals surface area contributed by atoms with Crippen LogP contribution in [0.2, 0.25) is 0 Å². The fourth-order valence-electron chi connectivity index (χ4n) is 0.905. The van der Waals surface area contributed by atoms with Crippen LogP contribution in [0.1, 0.15) is 20.8 Å². The van der Waals surface area contributed by atoms with Crippen molar-refractivity contribution in [1.29, 1.82) is 0 Å². The van der Waals surface area contributed by atoms with E-state index in [1.165, 1.54) is 0 Å². The van der Waals surface area contributed by atoms with Crippen molar-refractivity contribution in [2.75, 3.05) is 0 Å². The molecule has 0 aliphatic carbocycles. The predicted molar refractivity (Wildman–Crippen MR) is 47.7 cm³/mol. The van der Waals surface area contributed by atoms with Crippen molar-refractivity contribution in [3.05, 3.63) is 18.5 Å². The van der Waals surface area contributed by atoms with Crippen LogP contribution >= 0.6 is 0 Å². The summed E-state index contributed by atoms with van der Waals surface area (Å²) in [5, 5.41) is 13.9. The van der Waals surface area contributed by atoms with E-state index in [1.54, 1.807) is 10.9 Å². The lowest BCUT2D eigenvalue weighted by Gasteiger charge is -2.27. The lowest BCUT2D eigenvalue weighted by Crippen LogP contribution is -2.36.